The number of carbonyl (C=O) groups is 1. The minimum Gasteiger partial charge on any atom is -0.399 e. The van der Waals surface area contributed by atoms with Crippen molar-refractivity contribution in [2.45, 2.75) is 19.3 Å². The van der Waals surface area contributed by atoms with Crippen molar-refractivity contribution >= 4 is 23.2 Å². The molecule has 1 aromatic carbocycles. The number of hydrogen-bond donors (Lipinski definition) is 2. The van der Waals surface area contributed by atoms with Gasteiger partial charge in [-0.1, -0.05) is 11.6 Å². The quantitative estimate of drug-likeness (QED) is 0.839. The van der Waals surface area contributed by atoms with Gasteiger partial charge in [0.2, 0.25) is 0 Å². The van der Waals surface area contributed by atoms with E-state index in [4.69, 9.17) is 17.3 Å². The van der Waals surface area contributed by atoms with Crippen LogP contribution in [0.1, 0.15) is 29.6 Å². The maximum atomic E-state index is 12.4. The van der Waals surface area contributed by atoms with Gasteiger partial charge in [-0.15, -0.1) is 0 Å². The van der Waals surface area contributed by atoms with Crippen LogP contribution < -0.4 is 11.1 Å². The molecule has 1 aliphatic heterocycles. The summed E-state index contributed by atoms with van der Waals surface area (Å²) in [6, 6.07) is 5.07. The number of carbonyl (C=O) groups excluding carboxylic acids is 1. The number of hydrogen-bond acceptors (Lipinski definition) is 3. The molecule has 1 fully saturated rings. The Balaban J connectivity index is 1.94. The van der Waals surface area contributed by atoms with Gasteiger partial charge in [0.25, 0.3) is 5.91 Å². The van der Waals surface area contributed by atoms with Crippen molar-refractivity contribution in [2.24, 2.45) is 5.92 Å². The van der Waals surface area contributed by atoms with Crippen LogP contribution in [0.25, 0.3) is 0 Å². The van der Waals surface area contributed by atoms with Gasteiger partial charge in [0.05, 0.1) is 10.6 Å². The average molecular weight is 296 g/mol. The minimum atomic E-state index is 0.0158. The molecule has 0 bridgehead atoms. The molecule has 3 N–H and O–H groups in total. The molecule has 110 valence electrons. The van der Waals surface area contributed by atoms with Crippen LogP contribution in [0.4, 0.5) is 5.69 Å². The fraction of sp³-hybridized carbons (Fsp3) is 0.533. The van der Waals surface area contributed by atoms with E-state index >= 15 is 0 Å². The summed E-state index contributed by atoms with van der Waals surface area (Å²) in [6.45, 7) is 2.67. The molecule has 1 aromatic rings. The molecule has 0 spiro atoms. The van der Waals surface area contributed by atoms with Gasteiger partial charge in [0.1, 0.15) is 0 Å². The fourth-order valence-electron chi connectivity index (χ4n) is 2.65. The lowest BCUT2D eigenvalue weighted by molar-refractivity contribution is 0.0687. The monoisotopic (exact) mass is 295 g/mol. The first-order valence-corrected chi connectivity index (χ1v) is 7.48. The fourth-order valence-corrected chi connectivity index (χ4v) is 2.92. The van der Waals surface area contributed by atoms with Crippen molar-refractivity contribution in [3.63, 3.8) is 0 Å². The van der Waals surface area contributed by atoms with E-state index in [0.717, 1.165) is 32.5 Å². The highest BCUT2D eigenvalue weighted by atomic mass is 35.5. The molecular formula is C15H22ClN3O. The van der Waals surface area contributed by atoms with Crippen molar-refractivity contribution in [3.8, 4) is 0 Å². The summed E-state index contributed by atoms with van der Waals surface area (Å²) >= 11 is 6.11. The highest BCUT2D eigenvalue weighted by Gasteiger charge is 2.24. The summed E-state index contributed by atoms with van der Waals surface area (Å²) < 4.78 is 0. The molecule has 0 aliphatic carbocycles. The van der Waals surface area contributed by atoms with E-state index in [1.165, 1.54) is 6.42 Å². The largest absolute Gasteiger partial charge is 0.399 e. The van der Waals surface area contributed by atoms with Gasteiger partial charge < -0.3 is 16.0 Å². The van der Waals surface area contributed by atoms with Crippen molar-refractivity contribution < 1.29 is 4.79 Å². The van der Waals surface area contributed by atoms with Crippen LogP contribution in [-0.2, 0) is 0 Å². The van der Waals surface area contributed by atoms with E-state index in [2.05, 4.69) is 5.32 Å². The third kappa shape index (κ3) is 3.64. The summed E-state index contributed by atoms with van der Waals surface area (Å²) in [6.07, 6.45) is 3.32. The van der Waals surface area contributed by atoms with E-state index in [0.29, 0.717) is 22.2 Å². The van der Waals surface area contributed by atoms with Crippen LogP contribution >= 0.6 is 11.6 Å². The Morgan fingerprint density at radius 3 is 2.75 bits per heavy atom. The molecule has 1 aliphatic rings. The molecule has 0 aromatic heterocycles. The molecule has 1 heterocycles. The number of amides is 1. The molecular weight excluding hydrogens is 274 g/mol. The number of rotatable bonds is 4. The molecule has 0 saturated carbocycles. The highest BCUT2D eigenvalue weighted by molar-refractivity contribution is 6.34. The van der Waals surface area contributed by atoms with Crippen molar-refractivity contribution in [1.29, 1.82) is 0 Å². The number of halogens is 1. The normalized spacial score (nSPS) is 16.4. The molecule has 0 unspecified atom stereocenters. The highest BCUT2D eigenvalue weighted by Crippen LogP contribution is 2.25. The van der Waals surface area contributed by atoms with Crippen LogP contribution in [0.2, 0.25) is 5.02 Å². The number of nitrogens with one attached hydrogen (secondary N) is 1. The van der Waals surface area contributed by atoms with Crippen LogP contribution in [0.5, 0.6) is 0 Å². The van der Waals surface area contributed by atoms with Crippen molar-refractivity contribution in [3.05, 3.63) is 28.8 Å². The second-order valence-corrected chi connectivity index (χ2v) is 5.77. The Morgan fingerprint density at radius 1 is 1.45 bits per heavy atom. The molecule has 0 radical (unpaired) electrons. The Labute approximate surface area is 125 Å². The molecule has 5 heteroatoms. The molecule has 20 heavy (non-hydrogen) atoms. The maximum absolute atomic E-state index is 12.4. The minimum absolute atomic E-state index is 0.0158. The molecule has 1 saturated heterocycles. The number of nitrogen functional groups attached to an aromatic ring is 1. The van der Waals surface area contributed by atoms with Crippen LogP contribution in [0.3, 0.4) is 0 Å². The first-order chi connectivity index (χ1) is 9.61. The maximum Gasteiger partial charge on any atom is 0.255 e. The first kappa shape index (κ1) is 15.1. The Morgan fingerprint density at radius 2 is 2.15 bits per heavy atom. The van der Waals surface area contributed by atoms with Gasteiger partial charge >= 0.3 is 0 Å². The zero-order valence-corrected chi connectivity index (χ0v) is 12.6. The zero-order chi connectivity index (χ0) is 14.5. The van der Waals surface area contributed by atoms with Gasteiger partial charge in [-0.2, -0.15) is 0 Å². The lowest BCUT2D eigenvalue weighted by Crippen LogP contribution is -2.39. The predicted octanol–water partition coefficient (Wildman–Crippen LogP) is 2.38. The number of anilines is 1. The Kier molecular flexibility index (Phi) is 5.26. The third-order valence-electron chi connectivity index (χ3n) is 3.93. The third-order valence-corrected chi connectivity index (χ3v) is 4.24. The van der Waals surface area contributed by atoms with E-state index in [1.54, 1.807) is 18.2 Å². The zero-order valence-electron chi connectivity index (χ0n) is 11.9. The van der Waals surface area contributed by atoms with E-state index in [9.17, 15) is 4.79 Å². The van der Waals surface area contributed by atoms with Crippen LogP contribution in [0, 0.1) is 5.92 Å². The predicted molar refractivity (Wildman–Crippen MR) is 83.0 cm³/mol. The second kappa shape index (κ2) is 6.95. The topological polar surface area (TPSA) is 58.4 Å². The Hall–Kier alpha value is -1.26. The summed E-state index contributed by atoms with van der Waals surface area (Å²) in [5.74, 6) is 0.732. The number of piperidine rings is 1. The number of likely N-dealkylation sites (tertiary alicyclic amines) is 1. The first-order valence-electron chi connectivity index (χ1n) is 7.10. The van der Waals surface area contributed by atoms with E-state index < -0.39 is 0 Å². The number of nitrogens with two attached hydrogens (primary N) is 1. The van der Waals surface area contributed by atoms with Gasteiger partial charge in [0, 0.05) is 18.8 Å². The van der Waals surface area contributed by atoms with Gasteiger partial charge in [-0.3, -0.25) is 4.79 Å². The van der Waals surface area contributed by atoms with E-state index in [-0.39, 0.29) is 5.91 Å². The summed E-state index contributed by atoms with van der Waals surface area (Å²) in [7, 11) is 1.97. The lowest BCUT2D eigenvalue weighted by Gasteiger charge is -2.32. The molecule has 1 amide bonds. The van der Waals surface area contributed by atoms with Crippen LogP contribution in [-0.4, -0.2) is 37.5 Å². The lowest BCUT2D eigenvalue weighted by atomic mass is 9.93. The van der Waals surface area contributed by atoms with Gasteiger partial charge in [-0.05, 0) is 57.0 Å². The number of benzene rings is 1. The van der Waals surface area contributed by atoms with Crippen molar-refractivity contribution in [2.75, 3.05) is 32.4 Å². The van der Waals surface area contributed by atoms with E-state index in [1.807, 2.05) is 11.9 Å². The summed E-state index contributed by atoms with van der Waals surface area (Å²) in [5, 5.41) is 3.62. The molecule has 4 nitrogen and oxygen atoms in total. The molecule has 2 rings (SSSR count). The number of nitrogens with zero attached hydrogens (tertiary/aromatic N) is 1. The average Bonchev–Trinajstić information content (AvgIpc) is 2.45. The summed E-state index contributed by atoms with van der Waals surface area (Å²) in [5.41, 5.74) is 6.79. The molecule has 0 atom stereocenters. The smallest absolute Gasteiger partial charge is 0.255 e. The SMILES string of the molecule is CNCCC1CCN(C(=O)c2ccc(N)cc2Cl)CC1. The standard InChI is InChI=1S/C15H22ClN3O/c1-18-7-4-11-5-8-19(9-6-11)15(20)13-3-2-12(17)10-14(13)16/h2-3,10-11,18H,4-9,17H2,1H3. The van der Waals surface area contributed by atoms with Gasteiger partial charge in [0.15, 0.2) is 0 Å². The van der Waals surface area contributed by atoms with Gasteiger partial charge in [-0.25, -0.2) is 0 Å². The van der Waals surface area contributed by atoms with Crippen molar-refractivity contribution in [1.82, 2.24) is 10.2 Å². The Bertz CT molecular complexity index is 470. The summed E-state index contributed by atoms with van der Waals surface area (Å²) in [4.78, 5) is 14.3. The van der Waals surface area contributed by atoms with Crippen LogP contribution in [0.15, 0.2) is 18.2 Å². The second-order valence-electron chi connectivity index (χ2n) is 5.37.